The molecule has 0 aromatic heterocycles. The fourth-order valence-corrected chi connectivity index (χ4v) is 2.24. The molecule has 1 atom stereocenters. The molecule has 2 heteroatoms. The predicted octanol–water partition coefficient (Wildman–Crippen LogP) is 4.12. The van der Waals surface area contributed by atoms with E-state index >= 15 is 0 Å². The van der Waals surface area contributed by atoms with E-state index in [1.165, 1.54) is 0 Å². The van der Waals surface area contributed by atoms with Crippen molar-refractivity contribution in [2.45, 2.75) is 39.7 Å². The maximum atomic E-state index is 10.2. The quantitative estimate of drug-likeness (QED) is 0.819. The first-order valence-electron chi connectivity index (χ1n) is 5.53. The van der Waals surface area contributed by atoms with Crippen molar-refractivity contribution in [2.75, 3.05) is 0 Å². The van der Waals surface area contributed by atoms with Crippen LogP contribution in [0.25, 0.3) is 0 Å². The number of aliphatic hydroxyl groups excluding tert-OH is 1. The first-order chi connectivity index (χ1) is 7.08. The van der Waals surface area contributed by atoms with Crippen molar-refractivity contribution in [2.24, 2.45) is 5.92 Å². The molecule has 1 nitrogen and oxygen atoms in total. The Kier molecular flexibility index (Phi) is 4.62. The van der Waals surface area contributed by atoms with Gasteiger partial charge in [0.15, 0.2) is 0 Å². The average molecular weight is 227 g/mol. The Morgan fingerprint density at radius 1 is 1.20 bits per heavy atom. The molecule has 1 unspecified atom stereocenters. The first-order valence-corrected chi connectivity index (χ1v) is 5.91. The second kappa shape index (κ2) is 5.53. The summed E-state index contributed by atoms with van der Waals surface area (Å²) in [7, 11) is 0. The molecule has 0 radical (unpaired) electrons. The number of rotatable bonds is 4. The zero-order valence-corrected chi connectivity index (χ0v) is 10.4. The lowest BCUT2D eigenvalue weighted by Gasteiger charge is -2.20. The molecule has 0 aliphatic carbocycles. The lowest BCUT2D eigenvalue weighted by molar-refractivity contribution is 0.103. The monoisotopic (exact) mass is 226 g/mol. The zero-order valence-electron chi connectivity index (χ0n) is 9.63. The lowest BCUT2D eigenvalue weighted by atomic mass is 9.91. The molecule has 0 heterocycles. The second-order valence-electron chi connectivity index (χ2n) is 4.08. The van der Waals surface area contributed by atoms with Crippen LogP contribution in [0.3, 0.4) is 0 Å². The van der Waals surface area contributed by atoms with Crippen molar-refractivity contribution in [1.82, 2.24) is 0 Å². The molecule has 0 amide bonds. The molecular formula is C13H19ClO. The Bertz CT molecular complexity index is 298. The summed E-state index contributed by atoms with van der Waals surface area (Å²) >= 11 is 5.97. The molecule has 0 fully saturated rings. The van der Waals surface area contributed by atoms with Crippen LogP contribution in [-0.2, 0) is 0 Å². The van der Waals surface area contributed by atoms with Gasteiger partial charge in [-0.3, -0.25) is 0 Å². The van der Waals surface area contributed by atoms with Crippen LogP contribution in [0.15, 0.2) is 18.2 Å². The molecular weight excluding hydrogens is 208 g/mol. The molecule has 1 aromatic carbocycles. The minimum atomic E-state index is -0.391. The van der Waals surface area contributed by atoms with E-state index in [-0.39, 0.29) is 0 Å². The predicted molar refractivity (Wildman–Crippen MR) is 65.2 cm³/mol. The molecule has 1 aromatic rings. The van der Waals surface area contributed by atoms with E-state index in [1.807, 2.05) is 25.1 Å². The Balaban J connectivity index is 2.94. The summed E-state index contributed by atoms with van der Waals surface area (Å²) in [6.07, 6.45) is 1.59. The van der Waals surface area contributed by atoms with Crippen LogP contribution < -0.4 is 0 Å². The summed E-state index contributed by atoms with van der Waals surface area (Å²) in [6.45, 7) is 6.21. The second-order valence-corrected chi connectivity index (χ2v) is 4.52. The minimum Gasteiger partial charge on any atom is -0.388 e. The van der Waals surface area contributed by atoms with Gasteiger partial charge in [0.25, 0.3) is 0 Å². The van der Waals surface area contributed by atoms with Crippen molar-refractivity contribution in [3.05, 3.63) is 34.3 Å². The molecule has 0 saturated heterocycles. The molecule has 1 rings (SSSR count). The van der Waals surface area contributed by atoms with E-state index in [1.54, 1.807) is 0 Å². The molecule has 1 N–H and O–H groups in total. The standard InChI is InChI=1S/C13H19ClO/c1-4-10(5-2)13(15)11-6-9(3)7-12(14)8-11/h6-8,10,13,15H,4-5H2,1-3H3. The summed E-state index contributed by atoms with van der Waals surface area (Å²) in [5.41, 5.74) is 2.04. The highest BCUT2D eigenvalue weighted by atomic mass is 35.5. The van der Waals surface area contributed by atoms with Gasteiger partial charge in [-0.2, -0.15) is 0 Å². The number of benzene rings is 1. The van der Waals surface area contributed by atoms with E-state index in [9.17, 15) is 5.11 Å². The van der Waals surface area contributed by atoms with E-state index in [0.29, 0.717) is 10.9 Å². The minimum absolute atomic E-state index is 0.322. The number of hydrogen-bond acceptors (Lipinski definition) is 1. The molecule has 0 aliphatic rings. The summed E-state index contributed by atoms with van der Waals surface area (Å²) in [4.78, 5) is 0. The number of aliphatic hydroxyl groups is 1. The van der Waals surface area contributed by atoms with Crippen molar-refractivity contribution in [1.29, 1.82) is 0 Å². The summed E-state index contributed by atoms with van der Waals surface area (Å²) in [6, 6.07) is 5.77. The van der Waals surface area contributed by atoms with Crippen molar-refractivity contribution in [3.63, 3.8) is 0 Å². The third-order valence-electron chi connectivity index (χ3n) is 2.90. The van der Waals surface area contributed by atoms with Crippen LogP contribution in [0.2, 0.25) is 5.02 Å². The number of halogens is 1. The van der Waals surface area contributed by atoms with Gasteiger partial charge in [-0.25, -0.2) is 0 Å². The largest absolute Gasteiger partial charge is 0.388 e. The Morgan fingerprint density at radius 3 is 2.27 bits per heavy atom. The fraction of sp³-hybridized carbons (Fsp3) is 0.538. The van der Waals surface area contributed by atoms with Gasteiger partial charge >= 0.3 is 0 Å². The van der Waals surface area contributed by atoms with Gasteiger partial charge in [-0.15, -0.1) is 0 Å². The van der Waals surface area contributed by atoms with Crippen LogP contribution in [0, 0.1) is 12.8 Å². The zero-order chi connectivity index (χ0) is 11.4. The average Bonchev–Trinajstić information content (AvgIpc) is 2.18. The summed E-state index contributed by atoms with van der Waals surface area (Å²) < 4.78 is 0. The van der Waals surface area contributed by atoms with Crippen molar-refractivity contribution >= 4 is 11.6 Å². The normalized spacial score (nSPS) is 13.2. The smallest absolute Gasteiger partial charge is 0.0818 e. The highest BCUT2D eigenvalue weighted by molar-refractivity contribution is 6.30. The van der Waals surface area contributed by atoms with E-state index < -0.39 is 6.10 Å². The van der Waals surface area contributed by atoms with Crippen LogP contribution in [0.1, 0.15) is 43.9 Å². The van der Waals surface area contributed by atoms with Gasteiger partial charge < -0.3 is 5.11 Å². The van der Waals surface area contributed by atoms with Crippen LogP contribution in [-0.4, -0.2) is 5.11 Å². The lowest BCUT2D eigenvalue weighted by Crippen LogP contribution is -2.11. The third-order valence-corrected chi connectivity index (χ3v) is 3.12. The van der Waals surface area contributed by atoms with E-state index in [2.05, 4.69) is 13.8 Å². The number of hydrogen-bond donors (Lipinski definition) is 1. The van der Waals surface area contributed by atoms with Gasteiger partial charge in [0.2, 0.25) is 0 Å². The highest BCUT2D eigenvalue weighted by Gasteiger charge is 2.17. The summed E-state index contributed by atoms with van der Waals surface area (Å²) in [5, 5.41) is 10.9. The summed E-state index contributed by atoms with van der Waals surface area (Å²) in [5.74, 6) is 0.322. The van der Waals surface area contributed by atoms with Crippen LogP contribution in [0.4, 0.5) is 0 Å². The SMILES string of the molecule is CCC(CC)C(O)c1cc(C)cc(Cl)c1. The topological polar surface area (TPSA) is 20.2 Å². The Labute approximate surface area is 97.1 Å². The van der Waals surface area contributed by atoms with Gasteiger partial charge in [-0.1, -0.05) is 44.4 Å². The van der Waals surface area contributed by atoms with Crippen LogP contribution in [0.5, 0.6) is 0 Å². The maximum absolute atomic E-state index is 10.2. The third kappa shape index (κ3) is 3.22. The molecule has 0 aliphatic heterocycles. The first kappa shape index (κ1) is 12.5. The maximum Gasteiger partial charge on any atom is 0.0818 e. The van der Waals surface area contributed by atoms with Gasteiger partial charge in [0.1, 0.15) is 0 Å². The molecule has 0 saturated carbocycles. The van der Waals surface area contributed by atoms with Gasteiger partial charge in [0.05, 0.1) is 6.10 Å². The Hall–Kier alpha value is -0.530. The molecule has 15 heavy (non-hydrogen) atoms. The van der Waals surface area contributed by atoms with Crippen LogP contribution >= 0.6 is 11.6 Å². The van der Waals surface area contributed by atoms with Crippen molar-refractivity contribution in [3.8, 4) is 0 Å². The molecule has 0 bridgehead atoms. The van der Waals surface area contributed by atoms with E-state index in [0.717, 1.165) is 24.0 Å². The highest BCUT2D eigenvalue weighted by Crippen LogP contribution is 2.29. The molecule has 0 spiro atoms. The Morgan fingerprint density at radius 2 is 1.80 bits per heavy atom. The molecule has 84 valence electrons. The van der Waals surface area contributed by atoms with Crippen molar-refractivity contribution < 1.29 is 5.11 Å². The van der Waals surface area contributed by atoms with Gasteiger partial charge in [0, 0.05) is 5.02 Å². The van der Waals surface area contributed by atoms with Gasteiger partial charge in [-0.05, 0) is 36.1 Å². The van der Waals surface area contributed by atoms with E-state index in [4.69, 9.17) is 11.6 Å². The fourth-order valence-electron chi connectivity index (χ4n) is 1.94. The number of aryl methyl sites for hydroxylation is 1.